The van der Waals surface area contributed by atoms with Gasteiger partial charge in [0.2, 0.25) is 0 Å². The lowest BCUT2D eigenvalue weighted by atomic mass is 10.0. The highest BCUT2D eigenvalue weighted by molar-refractivity contribution is 5.79. The first kappa shape index (κ1) is 14.8. The summed E-state index contributed by atoms with van der Waals surface area (Å²) < 4.78 is 5.36. The molecule has 1 saturated heterocycles. The van der Waals surface area contributed by atoms with Crippen molar-refractivity contribution in [1.82, 2.24) is 10.2 Å². The van der Waals surface area contributed by atoms with Gasteiger partial charge in [0.05, 0.1) is 12.5 Å². The third kappa shape index (κ3) is 4.91. The van der Waals surface area contributed by atoms with Gasteiger partial charge in [0.25, 0.3) is 0 Å². The van der Waals surface area contributed by atoms with Crippen molar-refractivity contribution in [2.75, 3.05) is 32.8 Å². The summed E-state index contributed by atoms with van der Waals surface area (Å²) in [6.45, 7) is 6.53. The lowest BCUT2D eigenvalue weighted by Crippen LogP contribution is -2.56. The fourth-order valence-electron chi connectivity index (χ4n) is 1.56. The number of rotatable bonds is 7. The van der Waals surface area contributed by atoms with Crippen LogP contribution in [0.5, 0.6) is 0 Å². The normalized spacial score (nSPS) is 15.6. The number of hydrogen-bond donors (Lipinski definition) is 2. The number of aliphatic carboxylic acids is 1. The van der Waals surface area contributed by atoms with Crippen molar-refractivity contribution in [3.63, 3.8) is 0 Å². The van der Waals surface area contributed by atoms with Gasteiger partial charge >= 0.3 is 12.0 Å². The Morgan fingerprint density at radius 1 is 1.39 bits per heavy atom. The fourth-order valence-corrected chi connectivity index (χ4v) is 1.56. The Bertz CT molecular complexity index is 288. The second kappa shape index (κ2) is 7.20. The topological polar surface area (TPSA) is 78.9 Å². The number of urea groups is 1. The van der Waals surface area contributed by atoms with E-state index in [1.807, 2.05) is 0 Å². The molecule has 18 heavy (non-hydrogen) atoms. The molecule has 1 fully saturated rings. The summed E-state index contributed by atoms with van der Waals surface area (Å²) in [5.74, 6) is -0.622. The lowest BCUT2D eigenvalue weighted by molar-refractivity contribution is -0.146. The number of carbonyl (C=O) groups excluding carboxylic acids is 1. The van der Waals surface area contributed by atoms with Crippen LogP contribution in [-0.4, -0.2) is 54.9 Å². The second-order valence-electron chi connectivity index (χ2n) is 4.97. The zero-order chi connectivity index (χ0) is 13.5. The molecule has 6 heteroatoms. The Morgan fingerprint density at radius 2 is 2.06 bits per heavy atom. The van der Waals surface area contributed by atoms with E-state index in [9.17, 15) is 9.59 Å². The van der Waals surface area contributed by atoms with Gasteiger partial charge in [0.1, 0.15) is 0 Å². The van der Waals surface area contributed by atoms with E-state index in [1.165, 1.54) is 4.90 Å². The quantitative estimate of drug-likeness (QED) is 0.661. The molecule has 2 N–H and O–H groups in total. The third-order valence-electron chi connectivity index (χ3n) is 2.88. The first-order chi connectivity index (χ1) is 8.50. The molecule has 0 aromatic rings. The predicted octanol–water partition coefficient (Wildman–Crippen LogP) is 0.775. The maximum absolute atomic E-state index is 11.5. The molecule has 6 nitrogen and oxygen atoms in total. The van der Waals surface area contributed by atoms with E-state index in [0.717, 1.165) is 6.42 Å². The Balaban J connectivity index is 1.97. The first-order valence-corrected chi connectivity index (χ1v) is 6.34. The van der Waals surface area contributed by atoms with Crippen molar-refractivity contribution in [3.05, 3.63) is 0 Å². The summed E-state index contributed by atoms with van der Waals surface area (Å²) in [4.78, 5) is 23.6. The van der Waals surface area contributed by atoms with Crippen LogP contribution in [0.2, 0.25) is 0 Å². The van der Waals surface area contributed by atoms with Gasteiger partial charge in [0.15, 0.2) is 0 Å². The molecule has 0 atom stereocenters. The van der Waals surface area contributed by atoms with Gasteiger partial charge in [-0.2, -0.15) is 0 Å². The predicted molar refractivity (Wildman–Crippen MR) is 66.4 cm³/mol. The summed E-state index contributed by atoms with van der Waals surface area (Å²) in [6, 6.07) is -0.208. The summed E-state index contributed by atoms with van der Waals surface area (Å²) in [7, 11) is 0. The van der Waals surface area contributed by atoms with Crippen molar-refractivity contribution >= 4 is 12.0 Å². The number of nitrogens with zero attached hydrogens (tertiary/aromatic N) is 1. The van der Waals surface area contributed by atoms with Crippen LogP contribution in [0.1, 0.15) is 20.3 Å². The molecule has 0 radical (unpaired) electrons. The van der Waals surface area contributed by atoms with Crippen molar-refractivity contribution < 1.29 is 19.4 Å². The van der Waals surface area contributed by atoms with E-state index < -0.39 is 11.9 Å². The van der Waals surface area contributed by atoms with Crippen molar-refractivity contribution in [2.24, 2.45) is 11.8 Å². The molecule has 1 aliphatic rings. The number of amides is 2. The van der Waals surface area contributed by atoms with E-state index in [2.05, 4.69) is 19.2 Å². The van der Waals surface area contributed by atoms with Crippen LogP contribution in [0.15, 0.2) is 0 Å². The monoisotopic (exact) mass is 258 g/mol. The number of carbonyl (C=O) groups is 2. The van der Waals surface area contributed by atoms with Gasteiger partial charge in [-0.3, -0.25) is 4.79 Å². The van der Waals surface area contributed by atoms with Crippen LogP contribution in [0, 0.1) is 11.8 Å². The summed E-state index contributed by atoms with van der Waals surface area (Å²) >= 11 is 0. The number of carboxylic acid groups (broad SMARTS) is 1. The summed E-state index contributed by atoms with van der Waals surface area (Å²) in [5, 5.41) is 11.4. The Kier molecular flexibility index (Phi) is 5.91. The molecule has 1 rings (SSSR count). The van der Waals surface area contributed by atoms with Crippen LogP contribution in [0.3, 0.4) is 0 Å². The molecule has 0 aliphatic carbocycles. The van der Waals surface area contributed by atoms with Crippen molar-refractivity contribution in [1.29, 1.82) is 0 Å². The fraction of sp³-hybridized carbons (Fsp3) is 0.833. The number of ether oxygens (including phenoxy) is 1. The van der Waals surface area contributed by atoms with Crippen molar-refractivity contribution in [3.8, 4) is 0 Å². The molecule has 104 valence electrons. The maximum Gasteiger partial charge on any atom is 0.317 e. The van der Waals surface area contributed by atoms with Crippen LogP contribution in [0.4, 0.5) is 4.79 Å². The third-order valence-corrected chi connectivity index (χ3v) is 2.88. The smallest absolute Gasteiger partial charge is 0.317 e. The van der Waals surface area contributed by atoms with Gasteiger partial charge in [-0.05, 0) is 12.3 Å². The van der Waals surface area contributed by atoms with Crippen LogP contribution in [-0.2, 0) is 9.53 Å². The van der Waals surface area contributed by atoms with Gasteiger partial charge in [-0.25, -0.2) is 4.79 Å². The van der Waals surface area contributed by atoms with Gasteiger partial charge in [0, 0.05) is 26.2 Å². The Labute approximate surface area is 107 Å². The number of likely N-dealkylation sites (tertiary alicyclic amines) is 1. The largest absolute Gasteiger partial charge is 0.481 e. The molecule has 0 unspecified atom stereocenters. The van der Waals surface area contributed by atoms with E-state index in [1.54, 1.807) is 0 Å². The van der Waals surface area contributed by atoms with Crippen molar-refractivity contribution in [2.45, 2.75) is 20.3 Å². The molecule has 0 saturated carbocycles. The SMILES string of the molecule is CC(C)CCOCCNC(=O)N1CC(C(=O)O)C1. The highest BCUT2D eigenvalue weighted by atomic mass is 16.5. The van der Waals surface area contributed by atoms with Gasteiger partial charge in [-0.15, -0.1) is 0 Å². The molecular weight excluding hydrogens is 236 g/mol. The number of nitrogens with one attached hydrogen (secondary N) is 1. The average Bonchev–Trinajstić information content (AvgIpc) is 2.19. The van der Waals surface area contributed by atoms with Gasteiger partial charge < -0.3 is 20.1 Å². The van der Waals surface area contributed by atoms with Gasteiger partial charge in [-0.1, -0.05) is 13.8 Å². The van der Waals surface area contributed by atoms with E-state index in [4.69, 9.17) is 9.84 Å². The molecule has 0 bridgehead atoms. The van der Waals surface area contributed by atoms with Crippen LogP contribution in [0.25, 0.3) is 0 Å². The highest BCUT2D eigenvalue weighted by Gasteiger charge is 2.35. The zero-order valence-electron chi connectivity index (χ0n) is 11.0. The minimum absolute atomic E-state index is 0.208. The molecule has 0 spiro atoms. The summed E-state index contributed by atoms with van der Waals surface area (Å²) in [6.07, 6.45) is 1.01. The number of carboxylic acids is 1. The second-order valence-corrected chi connectivity index (χ2v) is 4.97. The molecular formula is C12H22N2O4. The van der Waals surface area contributed by atoms with Crippen LogP contribution >= 0.6 is 0 Å². The first-order valence-electron chi connectivity index (χ1n) is 6.34. The van der Waals surface area contributed by atoms with E-state index in [0.29, 0.717) is 38.8 Å². The summed E-state index contributed by atoms with van der Waals surface area (Å²) in [5.41, 5.74) is 0. The number of hydrogen-bond acceptors (Lipinski definition) is 3. The standard InChI is InChI=1S/C12H22N2O4/c1-9(2)3-5-18-6-4-13-12(17)14-7-10(8-14)11(15)16/h9-10H,3-8H2,1-2H3,(H,13,17)(H,15,16). The molecule has 1 aliphatic heterocycles. The molecule has 1 heterocycles. The lowest BCUT2D eigenvalue weighted by Gasteiger charge is -2.36. The molecule has 2 amide bonds. The minimum Gasteiger partial charge on any atom is -0.481 e. The highest BCUT2D eigenvalue weighted by Crippen LogP contribution is 2.14. The average molecular weight is 258 g/mol. The Hall–Kier alpha value is -1.30. The van der Waals surface area contributed by atoms with Crippen LogP contribution < -0.4 is 5.32 Å². The van der Waals surface area contributed by atoms with E-state index in [-0.39, 0.29) is 6.03 Å². The minimum atomic E-state index is -0.837. The molecule has 0 aromatic carbocycles. The Morgan fingerprint density at radius 3 is 2.61 bits per heavy atom. The zero-order valence-corrected chi connectivity index (χ0v) is 11.0. The molecule has 0 aromatic heterocycles. The maximum atomic E-state index is 11.5. The van der Waals surface area contributed by atoms with E-state index >= 15 is 0 Å².